The van der Waals surface area contributed by atoms with Crippen molar-refractivity contribution in [1.82, 2.24) is 0 Å². The van der Waals surface area contributed by atoms with Crippen LogP contribution < -0.4 is 9.47 Å². The van der Waals surface area contributed by atoms with Gasteiger partial charge in [-0.3, -0.25) is 0 Å². The topological polar surface area (TPSA) is 44.8 Å². The van der Waals surface area contributed by atoms with Gasteiger partial charge in [0.15, 0.2) is 5.75 Å². The SMILES string of the molecule is COC(=O)c1ccc2cc(Cl)sc2c1OCc1ccc(OC(F)(F)F)cc1. The molecule has 1 heterocycles. The van der Waals surface area contributed by atoms with Gasteiger partial charge in [0.25, 0.3) is 0 Å². The highest BCUT2D eigenvalue weighted by atomic mass is 35.5. The maximum Gasteiger partial charge on any atom is 0.573 e. The number of carbonyl (C=O) groups excluding carboxylic acids is 1. The van der Waals surface area contributed by atoms with Crippen LogP contribution in [0.5, 0.6) is 11.5 Å². The third-order valence-corrected chi connectivity index (χ3v) is 4.84. The highest BCUT2D eigenvalue weighted by Crippen LogP contribution is 2.39. The molecule has 0 spiro atoms. The molecule has 0 N–H and O–H groups in total. The minimum Gasteiger partial charge on any atom is -0.486 e. The van der Waals surface area contributed by atoms with Gasteiger partial charge in [-0.15, -0.1) is 24.5 Å². The number of halogens is 4. The Balaban J connectivity index is 1.84. The fraction of sp³-hybridized carbons (Fsp3) is 0.167. The first-order valence-electron chi connectivity index (χ1n) is 7.54. The fourth-order valence-electron chi connectivity index (χ4n) is 2.40. The summed E-state index contributed by atoms with van der Waals surface area (Å²) in [6, 6.07) is 10.3. The molecule has 9 heteroatoms. The van der Waals surface area contributed by atoms with E-state index in [0.717, 1.165) is 5.39 Å². The Labute approximate surface area is 161 Å². The Hall–Kier alpha value is -2.45. The van der Waals surface area contributed by atoms with E-state index >= 15 is 0 Å². The molecule has 3 aromatic rings. The molecule has 2 aromatic carbocycles. The third kappa shape index (κ3) is 4.64. The summed E-state index contributed by atoms with van der Waals surface area (Å²) in [6.07, 6.45) is -4.75. The molecule has 27 heavy (non-hydrogen) atoms. The molecule has 0 atom stereocenters. The van der Waals surface area contributed by atoms with E-state index in [2.05, 4.69) is 4.74 Å². The first kappa shape index (κ1) is 19.3. The second-order valence-electron chi connectivity index (χ2n) is 5.38. The van der Waals surface area contributed by atoms with Crippen molar-refractivity contribution in [2.24, 2.45) is 0 Å². The van der Waals surface area contributed by atoms with Gasteiger partial charge in [0.1, 0.15) is 17.9 Å². The summed E-state index contributed by atoms with van der Waals surface area (Å²) in [5.41, 5.74) is 0.834. The number of fused-ring (bicyclic) bond motifs is 1. The quantitative estimate of drug-likeness (QED) is 0.492. The van der Waals surface area contributed by atoms with Crippen LogP contribution in [-0.4, -0.2) is 19.4 Å². The average molecular weight is 417 g/mol. The van der Waals surface area contributed by atoms with Crippen molar-refractivity contribution < 1.29 is 32.2 Å². The van der Waals surface area contributed by atoms with Crippen molar-refractivity contribution in [3.63, 3.8) is 0 Å². The number of rotatable bonds is 5. The van der Waals surface area contributed by atoms with Crippen LogP contribution in [0.3, 0.4) is 0 Å². The molecule has 1 aromatic heterocycles. The second kappa shape index (κ2) is 7.66. The van der Waals surface area contributed by atoms with Gasteiger partial charge in [0.2, 0.25) is 0 Å². The molecule has 0 aliphatic carbocycles. The lowest BCUT2D eigenvalue weighted by atomic mass is 10.1. The fourth-order valence-corrected chi connectivity index (χ4v) is 3.64. The largest absolute Gasteiger partial charge is 0.573 e. The zero-order chi connectivity index (χ0) is 19.6. The maximum atomic E-state index is 12.2. The van der Waals surface area contributed by atoms with Crippen molar-refractivity contribution in [3.05, 3.63) is 57.9 Å². The van der Waals surface area contributed by atoms with Crippen molar-refractivity contribution in [1.29, 1.82) is 0 Å². The minimum absolute atomic E-state index is 0.0327. The number of methoxy groups -OCH3 is 1. The minimum atomic E-state index is -4.75. The van der Waals surface area contributed by atoms with Crippen molar-refractivity contribution in [2.75, 3.05) is 7.11 Å². The van der Waals surface area contributed by atoms with Crippen LogP contribution in [0.4, 0.5) is 13.2 Å². The van der Waals surface area contributed by atoms with Crippen molar-refractivity contribution in [2.45, 2.75) is 13.0 Å². The smallest absolute Gasteiger partial charge is 0.486 e. The number of hydrogen-bond acceptors (Lipinski definition) is 5. The summed E-state index contributed by atoms with van der Waals surface area (Å²) in [4.78, 5) is 12.0. The van der Waals surface area contributed by atoms with Gasteiger partial charge in [-0.1, -0.05) is 29.8 Å². The van der Waals surface area contributed by atoms with Crippen LogP contribution >= 0.6 is 22.9 Å². The zero-order valence-electron chi connectivity index (χ0n) is 13.8. The van der Waals surface area contributed by atoms with Gasteiger partial charge >= 0.3 is 12.3 Å². The number of benzene rings is 2. The molecule has 0 aliphatic heterocycles. The van der Waals surface area contributed by atoms with Gasteiger partial charge in [0.05, 0.1) is 16.1 Å². The van der Waals surface area contributed by atoms with Gasteiger partial charge in [-0.25, -0.2) is 4.79 Å². The van der Waals surface area contributed by atoms with E-state index in [1.54, 1.807) is 18.2 Å². The Kier molecular flexibility index (Phi) is 5.48. The lowest BCUT2D eigenvalue weighted by Gasteiger charge is -2.12. The summed E-state index contributed by atoms with van der Waals surface area (Å²) >= 11 is 7.30. The average Bonchev–Trinajstić information content (AvgIpc) is 2.99. The Bertz CT molecular complexity index is 967. The van der Waals surface area contributed by atoms with Gasteiger partial charge in [-0.05, 0) is 35.2 Å². The third-order valence-electron chi connectivity index (χ3n) is 3.56. The number of thiophene rings is 1. The Morgan fingerprint density at radius 2 is 1.85 bits per heavy atom. The van der Waals surface area contributed by atoms with E-state index in [1.807, 2.05) is 0 Å². The van der Waals surface area contributed by atoms with Crippen LogP contribution in [0.2, 0.25) is 4.34 Å². The summed E-state index contributed by atoms with van der Waals surface area (Å²) in [6.45, 7) is 0.0327. The predicted molar refractivity (Wildman–Crippen MR) is 95.6 cm³/mol. The van der Waals surface area contributed by atoms with E-state index in [-0.39, 0.29) is 17.9 Å². The van der Waals surface area contributed by atoms with Crippen LogP contribution in [-0.2, 0) is 11.3 Å². The highest BCUT2D eigenvalue weighted by Gasteiger charge is 2.31. The van der Waals surface area contributed by atoms with Crippen molar-refractivity contribution in [3.8, 4) is 11.5 Å². The predicted octanol–water partition coefficient (Wildman–Crippen LogP) is 5.82. The standard InChI is InChI=1S/C18H12ClF3O4S/c1-24-17(23)13-7-4-11-8-14(19)27-16(11)15(13)25-9-10-2-5-12(6-3-10)26-18(20,21)22/h2-8H,9H2,1H3. The molecule has 142 valence electrons. The molecule has 0 bridgehead atoms. The van der Waals surface area contributed by atoms with Crippen LogP contribution in [0.25, 0.3) is 10.1 Å². The van der Waals surface area contributed by atoms with E-state index in [9.17, 15) is 18.0 Å². The molecule has 0 fully saturated rings. The number of hydrogen-bond donors (Lipinski definition) is 0. The Morgan fingerprint density at radius 1 is 1.15 bits per heavy atom. The molecular weight excluding hydrogens is 405 g/mol. The molecule has 4 nitrogen and oxygen atoms in total. The Morgan fingerprint density at radius 3 is 2.48 bits per heavy atom. The molecule has 0 saturated carbocycles. The van der Waals surface area contributed by atoms with Crippen LogP contribution in [0, 0.1) is 0 Å². The van der Waals surface area contributed by atoms with Gasteiger partial charge < -0.3 is 14.2 Å². The van der Waals surface area contributed by atoms with Crippen molar-refractivity contribution >= 4 is 39.0 Å². The zero-order valence-corrected chi connectivity index (χ0v) is 15.4. The lowest BCUT2D eigenvalue weighted by molar-refractivity contribution is -0.274. The molecule has 0 aliphatic rings. The molecule has 0 radical (unpaired) electrons. The number of ether oxygens (including phenoxy) is 3. The van der Waals surface area contributed by atoms with E-state index < -0.39 is 12.3 Å². The number of carbonyl (C=O) groups is 1. The monoisotopic (exact) mass is 416 g/mol. The van der Waals surface area contributed by atoms with E-state index in [4.69, 9.17) is 21.1 Å². The van der Waals surface area contributed by atoms with E-state index in [1.165, 1.54) is 42.7 Å². The van der Waals surface area contributed by atoms with Gasteiger partial charge in [-0.2, -0.15) is 0 Å². The normalized spacial score (nSPS) is 11.4. The first-order valence-corrected chi connectivity index (χ1v) is 8.74. The summed E-state index contributed by atoms with van der Waals surface area (Å²) < 4.78 is 52.3. The lowest BCUT2D eigenvalue weighted by Crippen LogP contribution is -2.17. The van der Waals surface area contributed by atoms with Crippen LogP contribution in [0.15, 0.2) is 42.5 Å². The number of esters is 1. The second-order valence-corrected chi connectivity index (χ2v) is 7.07. The highest BCUT2D eigenvalue weighted by molar-refractivity contribution is 7.23. The molecule has 3 rings (SSSR count). The maximum absolute atomic E-state index is 12.2. The summed E-state index contributed by atoms with van der Waals surface area (Å²) in [5, 5.41) is 0.807. The van der Waals surface area contributed by atoms with E-state index in [0.29, 0.717) is 20.3 Å². The summed E-state index contributed by atoms with van der Waals surface area (Å²) in [5.74, 6) is -0.578. The molecule has 0 saturated heterocycles. The molecule has 0 unspecified atom stereocenters. The molecular formula is C18H12ClF3O4S. The first-order chi connectivity index (χ1) is 12.8. The molecule has 0 amide bonds. The number of alkyl halides is 3. The van der Waals surface area contributed by atoms with Gasteiger partial charge in [0, 0.05) is 0 Å². The summed E-state index contributed by atoms with van der Waals surface area (Å²) in [7, 11) is 1.26. The van der Waals surface area contributed by atoms with Crippen LogP contribution in [0.1, 0.15) is 15.9 Å².